The fourth-order valence-corrected chi connectivity index (χ4v) is 4.61. The average molecular weight is 421 g/mol. The summed E-state index contributed by atoms with van der Waals surface area (Å²) < 4.78 is 24.4. The molecule has 0 atom stereocenters. The van der Waals surface area contributed by atoms with Gasteiger partial charge >= 0.3 is 0 Å². The lowest BCUT2D eigenvalue weighted by atomic mass is 9.73. The summed E-state index contributed by atoms with van der Waals surface area (Å²) in [5.41, 5.74) is 1.87. The SMILES string of the molecule is CN=C(NCc1ccc(F)c(COC)c1)NCC1(CN2CCOCC2)CCCCC1. The number of morpholine rings is 1. The van der Waals surface area contributed by atoms with Crippen LogP contribution in [-0.4, -0.2) is 64.4 Å². The molecule has 0 spiro atoms. The Morgan fingerprint density at radius 1 is 1.20 bits per heavy atom. The molecular formula is C23H37FN4O2. The van der Waals surface area contributed by atoms with E-state index in [0.29, 0.717) is 12.1 Å². The molecule has 0 radical (unpaired) electrons. The summed E-state index contributed by atoms with van der Waals surface area (Å²) in [7, 11) is 3.38. The number of hydrogen-bond acceptors (Lipinski definition) is 4. The second-order valence-corrected chi connectivity index (χ2v) is 8.59. The van der Waals surface area contributed by atoms with Crippen molar-refractivity contribution in [3.05, 3.63) is 35.1 Å². The number of halogens is 1. The van der Waals surface area contributed by atoms with E-state index >= 15 is 0 Å². The molecule has 1 saturated heterocycles. The molecule has 0 amide bonds. The zero-order valence-electron chi connectivity index (χ0n) is 18.5. The second kappa shape index (κ2) is 11.6. The number of nitrogens with zero attached hydrogens (tertiary/aromatic N) is 2. The van der Waals surface area contributed by atoms with Gasteiger partial charge in [-0.1, -0.05) is 25.3 Å². The Hall–Kier alpha value is -1.70. The van der Waals surface area contributed by atoms with Crippen LogP contribution in [0.25, 0.3) is 0 Å². The molecule has 1 heterocycles. The normalized spacial score (nSPS) is 20.2. The number of nitrogens with one attached hydrogen (secondary N) is 2. The highest BCUT2D eigenvalue weighted by atomic mass is 19.1. The Morgan fingerprint density at radius 2 is 1.97 bits per heavy atom. The van der Waals surface area contributed by atoms with Crippen molar-refractivity contribution in [2.24, 2.45) is 10.4 Å². The van der Waals surface area contributed by atoms with Crippen molar-refractivity contribution in [1.29, 1.82) is 0 Å². The Kier molecular flexibility index (Phi) is 8.90. The molecule has 2 N–H and O–H groups in total. The third-order valence-corrected chi connectivity index (χ3v) is 6.30. The first kappa shape index (κ1) is 23.0. The van der Waals surface area contributed by atoms with Crippen LogP contribution in [0.4, 0.5) is 4.39 Å². The highest BCUT2D eigenvalue weighted by molar-refractivity contribution is 5.79. The lowest BCUT2D eigenvalue weighted by Crippen LogP contribution is -2.51. The number of rotatable bonds is 8. The van der Waals surface area contributed by atoms with Crippen molar-refractivity contribution in [1.82, 2.24) is 15.5 Å². The summed E-state index contributed by atoms with van der Waals surface area (Å²) in [5.74, 6) is 0.560. The number of hydrogen-bond donors (Lipinski definition) is 2. The Labute approximate surface area is 180 Å². The minimum atomic E-state index is -0.231. The van der Waals surface area contributed by atoms with Crippen LogP contribution in [0.15, 0.2) is 23.2 Å². The van der Waals surface area contributed by atoms with Gasteiger partial charge in [-0.05, 0) is 30.5 Å². The van der Waals surface area contributed by atoms with Crippen molar-refractivity contribution < 1.29 is 13.9 Å². The third-order valence-electron chi connectivity index (χ3n) is 6.30. The van der Waals surface area contributed by atoms with E-state index < -0.39 is 0 Å². The van der Waals surface area contributed by atoms with E-state index in [2.05, 4.69) is 20.5 Å². The maximum Gasteiger partial charge on any atom is 0.191 e. The summed E-state index contributed by atoms with van der Waals surface area (Å²) in [6.45, 7) is 6.65. The lowest BCUT2D eigenvalue weighted by Gasteiger charge is -2.42. The number of benzene rings is 1. The second-order valence-electron chi connectivity index (χ2n) is 8.59. The highest BCUT2D eigenvalue weighted by Gasteiger charge is 2.34. The first-order chi connectivity index (χ1) is 14.6. The van der Waals surface area contributed by atoms with Crippen molar-refractivity contribution in [3.63, 3.8) is 0 Å². The fraction of sp³-hybridized carbons (Fsp3) is 0.696. The third kappa shape index (κ3) is 6.65. The smallest absolute Gasteiger partial charge is 0.191 e. The predicted molar refractivity (Wildman–Crippen MR) is 118 cm³/mol. The van der Waals surface area contributed by atoms with Crippen molar-refractivity contribution >= 4 is 5.96 Å². The first-order valence-corrected chi connectivity index (χ1v) is 11.1. The molecule has 0 unspecified atom stereocenters. The predicted octanol–water partition coefficient (Wildman–Crippen LogP) is 2.92. The monoisotopic (exact) mass is 420 g/mol. The zero-order chi connectivity index (χ0) is 21.2. The molecule has 0 aromatic heterocycles. The molecule has 6 nitrogen and oxygen atoms in total. The Bertz CT molecular complexity index is 686. The lowest BCUT2D eigenvalue weighted by molar-refractivity contribution is 0.00820. The van der Waals surface area contributed by atoms with Gasteiger partial charge < -0.3 is 20.1 Å². The van der Waals surface area contributed by atoms with Crippen molar-refractivity contribution in [2.45, 2.75) is 45.3 Å². The molecular weight excluding hydrogens is 383 g/mol. The van der Waals surface area contributed by atoms with Gasteiger partial charge in [-0.15, -0.1) is 0 Å². The quantitative estimate of drug-likeness (QED) is 0.500. The zero-order valence-corrected chi connectivity index (χ0v) is 18.5. The van der Waals surface area contributed by atoms with Gasteiger partial charge in [0.25, 0.3) is 0 Å². The van der Waals surface area contributed by atoms with E-state index in [0.717, 1.165) is 50.9 Å². The van der Waals surface area contributed by atoms with Crippen molar-refractivity contribution in [3.8, 4) is 0 Å². The summed E-state index contributed by atoms with van der Waals surface area (Å²) in [5, 5.41) is 6.95. The Balaban J connectivity index is 1.55. The van der Waals surface area contributed by atoms with Crippen LogP contribution < -0.4 is 10.6 Å². The molecule has 168 valence electrons. The molecule has 1 aromatic carbocycles. The molecule has 0 bridgehead atoms. The maximum absolute atomic E-state index is 13.8. The van der Waals surface area contributed by atoms with E-state index in [9.17, 15) is 4.39 Å². The van der Waals surface area contributed by atoms with Gasteiger partial charge in [-0.25, -0.2) is 4.39 Å². The molecule has 1 aliphatic heterocycles. The average Bonchev–Trinajstić information content (AvgIpc) is 2.77. The van der Waals surface area contributed by atoms with E-state index in [1.54, 1.807) is 20.2 Å². The van der Waals surface area contributed by atoms with Gasteiger partial charge in [0.2, 0.25) is 0 Å². The molecule has 3 rings (SSSR count). The van der Waals surface area contributed by atoms with Crippen LogP contribution in [0.2, 0.25) is 0 Å². The molecule has 7 heteroatoms. The molecule has 1 aromatic rings. The largest absolute Gasteiger partial charge is 0.380 e. The molecule has 2 aliphatic rings. The van der Waals surface area contributed by atoms with E-state index in [-0.39, 0.29) is 17.8 Å². The summed E-state index contributed by atoms with van der Waals surface area (Å²) in [4.78, 5) is 6.96. The van der Waals surface area contributed by atoms with Gasteiger partial charge in [0.05, 0.1) is 19.8 Å². The van der Waals surface area contributed by atoms with Gasteiger partial charge in [0.1, 0.15) is 5.82 Å². The molecule has 1 aliphatic carbocycles. The van der Waals surface area contributed by atoms with Crippen molar-refractivity contribution in [2.75, 3.05) is 53.6 Å². The summed E-state index contributed by atoms with van der Waals surface area (Å²) in [6.07, 6.45) is 6.46. The summed E-state index contributed by atoms with van der Waals surface area (Å²) >= 11 is 0. The summed E-state index contributed by atoms with van der Waals surface area (Å²) in [6, 6.07) is 5.15. The number of methoxy groups -OCH3 is 1. The topological polar surface area (TPSA) is 58.1 Å². The van der Waals surface area contributed by atoms with Gasteiger partial charge in [0, 0.05) is 57.9 Å². The standard InChI is InChI=1S/C23H37FN4O2/c1-25-22(26-15-19-6-7-21(24)20(14-19)16-29-2)27-17-23(8-4-3-5-9-23)18-28-10-12-30-13-11-28/h6-7,14H,3-5,8-13,15-18H2,1-2H3,(H2,25,26,27). The van der Waals surface area contributed by atoms with Gasteiger partial charge in [0.15, 0.2) is 5.96 Å². The molecule has 2 fully saturated rings. The van der Waals surface area contributed by atoms with Crippen LogP contribution in [0.3, 0.4) is 0 Å². The van der Waals surface area contributed by atoms with E-state index in [1.807, 2.05) is 6.07 Å². The van der Waals surface area contributed by atoms with Crippen LogP contribution in [0, 0.1) is 11.2 Å². The number of aliphatic imine (C=N–C) groups is 1. The minimum Gasteiger partial charge on any atom is -0.380 e. The molecule has 1 saturated carbocycles. The van der Waals surface area contributed by atoms with Crippen LogP contribution >= 0.6 is 0 Å². The van der Waals surface area contributed by atoms with Crippen LogP contribution in [0.1, 0.15) is 43.2 Å². The van der Waals surface area contributed by atoms with E-state index in [4.69, 9.17) is 9.47 Å². The Morgan fingerprint density at radius 3 is 2.67 bits per heavy atom. The first-order valence-electron chi connectivity index (χ1n) is 11.1. The fourth-order valence-electron chi connectivity index (χ4n) is 4.61. The van der Waals surface area contributed by atoms with Crippen LogP contribution in [-0.2, 0) is 22.6 Å². The van der Waals surface area contributed by atoms with Gasteiger partial charge in [-0.3, -0.25) is 9.89 Å². The minimum absolute atomic E-state index is 0.231. The van der Waals surface area contributed by atoms with Gasteiger partial charge in [-0.2, -0.15) is 0 Å². The van der Waals surface area contributed by atoms with Crippen LogP contribution in [0.5, 0.6) is 0 Å². The maximum atomic E-state index is 13.8. The number of guanidine groups is 1. The molecule has 30 heavy (non-hydrogen) atoms. The highest BCUT2D eigenvalue weighted by Crippen LogP contribution is 2.36. The number of ether oxygens (including phenoxy) is 2. The van der Waals surface area contributed by atoms with E-state index in [1.165, 1.54) is 38.2 Å².